The number of rotatable bonds is 8. The van der Waals surface area contributed by atoms with Crippen molar-refractivity contribution >= 4 is 41.4 Å². The quantitative estimate of drug-likeness (QED) is 0.0749. The summed E-state index contributed by atoms with van der Waals surface area (Å²) >= 11 is 1.57. The Morgan fingerprint density at radius 1 is 1.23 bits per heavy atom. The summed E-state index contributed by atoms with van der Waals surface area (Å²) in [6.45, 7) is 7.08. The number of furan rings is 1. The van der Waals surface area contributed by atoms with E-state index in [0.29, 0.717) is 29.1 Å². The van der Waals surface area contributed by atoms with Crippen molar-refractivity contribution in [2.75, 3.05) is 25.3 Å². The molecule has 1 aliphatic rings. The molecule has 1 aliphatic heterocycles. The second-order valence-corrected chi connectivity index (χ2v) is 12.9. The van der Waals surface area contributed by atoms with Crippen LogP contribution in [0.2, 0.25) is 0 Å². The van der Waals surface area contributed by atoms with Gasteiger partial charge in [0.1, 0.15) is 29.1 Å². The number of nitrogens with one attached hydrogen (secondary N) is 1. The lowest BCUT2D eigenvalue weighted by Gasteiger charge is -2.29. The Morgan fingerprint density at radius 2 is 1.98 bits per heavy atom. The van der Waals surface area contributed by atoms with Gasteiger partial charge in [-0.15, -0.1) is 11.8 Å². The van der Waals surface area contributed by atoms with Gasteiger partial charge in [0.25, 0.3) is 5.91 Å². The van der Waals surface area contributed by atoms with Crippen LogP contribution in [0, 0.1) is 11.8 Å². The monoisotopic (exact) mass is 685 g/mol. The van der Waals surface area contributed by atoms with Crippen molar-refractivity contribution in [3.8, 4) is 11.5 Å². The number of aromatic hydroxyl groups is 2. The lowest BCUT2D eigenvalue weighted by molar-refractivity contribution is -0.112. The number of phenols is 2. The fourth-order valence-corrected chi connectivity index (χ4v) is 6.14. The smallest absolute Gasteiger partial charge is 0.405 e. The van der Waals surface area contributed by atoms with Gasteiger partial charge in [0.2, 0.25) is 0 Å². The number of anilines is 1. The first-order valence-electron chi connectivity index (χ1n) is 15.6. The Hall–Kier alpha value is -4.04. The highest BCUT2D eigenvalue weighted by molar-refractivity contribution is 7.99. The standard InChI is InChI=1S/C35H47N3O9S/c1-20-15-25-30(37-12-14-48-19-24-10-8-13-46-24)27(39)18-26(32(25)41)38-34(42)21(2)9-7-11-28(44-5)33(47-35(36)43)23(4)17-22(3)31(40)29(16-20)45-6/h7-13,17-18,20,22,28-29,31,33,39-41H,14-16,19H2,1-6H3,(H2,36,43)(H,38,42)/b11-7-,21-9?,23-17?,37-12?. The molecule has 2 heterocycles. The van der Waals surface area contributed by atoms with Crippen molar-refractivity contribution in [3.63, 3.8) is 0 Å². The van der Waals surface area contributed by atoms with Crippen LogP contribution < -0.4 is 11.1 Å². The summed E-state index contributed by atoms with van der Waals surface area (Å²) in [5, 5.41) is 36.6. The molecule has 0 saturated heterocycles. The molecule has 262 valence electrons. The Kier molecular flexibility index (Phi) is 14.8. The second kappa shape index (κ2) is 18.5. The predicted molar refractivity (Wildman–Crippen MR) is 187 cm³/mol. The minimum atomic E-state index is -0.995. The van der Waals surface area contributed by atoms with Crippen molar-refractivity contribution in [1.29, 1.82) is 0 Å². The van der Waals surface area contributed by atoms with Crippen LogP contribution in [-0.4, -0.2) is 77.9 Å². The number of carbonyl (C=O) groups is 2. The molecule has 13 heteroatoms. The van der Waals surface area contributed by atoms with E-state index in [0.717, 1.165) is 5.76 Å². The number of thioether (sulfide) groups is 1. The summed E-state index contributed by atoms with van der Waals surface area (Å²) in [5.74, 6) is 0.407. The fourth-order valence-electron chi connectivity index (χ4n) is 5.47. The Morgan fingerprint density at radius 3 is 2.62 bits per heavy atom. The first kappa shape index (κ1) is 38.4. The molecule has 0 aliphatic carbocycles. The normalized spacial score (nSPS) is 25.3. The van der Waals surface area contributed by atoms with Gasteiger partial charge in [0, 0.05) is 49.3 Å². The number of carbonyl (C=O) groups excluding carboxylic acids is 2. The van der Waals surface area contributed by atoms with E-state index in [4.69, 9.17) is 24.4 Å². The largest absolute Gasteiger partial charge is 0.506 e. The molecular formula is C35H47N3O9S. The molecule has 0 spiro atoms. The lowest BCUT2D eigenvalue weighted by atomic mass is 9.87. The van der Waals surface area contributed by atoms with E-state index >= 15 is 0 Å². The van der Waals surface area contributed by atoms with Gasteiger partial charge in [-0.05, 0) is 50.3 Å². The minimum absolute atomic E-state index is 0.0157. The van der Waals surface area contributed by atoms with E-state index in [9.17, 15) is 24.9 Å². The third kappa shape index (κ3) is 10.7. The Labute approximate surface area is 285 Å². The van der Waals surface area contributed by atoms with E-state index in [-0.39, 0.29) is 40.8 Å². The maximum Gasteiger partial charge on any atom is 0.405 e. The molecule has 0 saturated carbocycles. The number of fused-ring (bicyclic) bond motifs is 2. The number of phenolic OH excluding ortho intramolecular Hbond substituents is 2. The zero-order valence-corrected chi connectivity index (χ0v) is 29.0. The topological polar surface area (TPSA) is 186 Å². The molecule has 1 aromatic carbocycles. The second-order valence-electron chi connectivity index (χ2n) is 11.9. The Bertz CT molecular complexity index is 1500. The van der Waals surface area contributed by atoms with Crippen LogP contribution in [0.3, 0.4) is 0 Å². The summed E-state index contributed by atoms with van der Waals surface area (Å²) in [6.07, 6.45) is 6.12. The molecule has 0 radical (unpaired) electrons. The number of ether oxygens (including phenoxy) is 3. The van der Waals surface area contributed by atoms with Crippen molar-refractivity contribution in [2.24, 2.45) is 22.6 Å². The molecule has 6 atom stereocenters. The van der Waals surface area contributed by atoms with E-state index in [1.165, 1.54) is 26.4 Å². The third-order valence-electron chi connectivity index (χ3n) is 8.04. The maximum absolute atomic E-state index is 13.2. The molecular weight excluding hydrogens is 638 g/mol. The molecule has 2 aromatic rings. The average Bonchev–Trinajstić information content (AvgIpc) is 3.56. The molecule has 6 N–H and O–H groups in total. The molecule has 2 bridgehead atoms. The fraction of sp³-hybridized carbons (Fsp3) is 0.457. The average molecular weight is 686 g/mol. The SMILES string of the molecule is COC1/C=C\C=C(C)C(=O)Nc2cc(O)c(N=CCSCc3ccco3)c(c2O)CC(C)CC(OC)C(O)C(C)C=C(C)C1OC(N)=O. The predicted octanol–water partition coefficient (Wildman–Crippen LogP) is 5.79. The van der Waals surface area contributed by atoms with Crippen LogP contribution in [0.5, 0.6) is 11.5 Å². The lowest BCUT2D eigenvalue weighted by Crippen LogP contribution is -2.37. The number of allylic oxidation sites excluding steroid dienone is 2. The molecule has 12 nitrogen and oxygen atoms in total. The van der Waals surface area contributed by atoms with Gasteiger partial charge in [0.05, 0.1) is 29.9 Å². The number of nitrogens with two attached hydrogens (primary N) is 1. The van der Waals surface area contributed by atoms with Gasteiger partial charge in [-0.1, -0.05) is 38.2 Å². The summed E-state index contributed by atoms with van der Waals surface area (Å²) in [7, 11) is 2.95. The number of methoxy groups -OCH3 is 2. The minimum Gasteiger partial charge on any atom is -0.506 e. The van der Waals surface area contributed by atoms with E-state index in [1.807, 2.05) is 26.0 Å². The Balaban J connectivity index is 2.04. The summed E-state index contributed by atoms with van der Waals surface area (Å²) < 4.78 is 22.1. The summed E-state index contributed by atoms with van der Waals surface area (Å²) in [4.78, 5) is 29.5. The van der Waals surface area contributed by atoms with E-state index in [2.05, 4.69) is 10.3 Å². The van der Waals surface area contributed by atoms with Crippen molar-refractivity contribution in [1.82, 2.24) is 0 Å². The first-order valence-corrected chi connectivity index (χ1v) is 16.8. The van der Waals surface area contributed by atoms with Crippen molar-refractivity contribution in [3.05, 3.63) is 71.2 Å². The van der Waals surface area contributed by atoms with Gasteiger partial charge in [0.15, 0.2) is 6.10 Å². The van der Waals surface area contributed by atoms with Crippen LogP contribution in [0.25, 0.3) is 0 Å². The number of aliphatic imine (C=N–C) groups is 1. The molecule has 0 fully saturated rings. The number of aliphatic hydroxyl groups excluding tert-OH is 1. The maximum atomic E-state index is 13.2. The van der Waals surface area contributed by atoms with Crippen LogP contribution in [0.1, 0.15) is 45.4 Å². The highest BCUT2D eigenvalue weighted by atomic mass is 32.2. The zero-order chi connectivity index (χ0) is 35.4. The van der Waals surface area contributed by atoms with Gasteiger partial charge >= 0.3 is 6.09 Å². The molecule has 2 amide bonds. The number of nitrogens with zero attached hydrogens (tertiary/aromatic N) is 1. The highest BCUT2D eigenvalue weighted by Crippen LogP contribution is 2.44. The van der Waals surface area contributed by atoms with Crippen molar-refractivity contribution in [2.45, 2.75) is 70.7 Å². The van der Waals surface area contributed by atoms with Crippen LogP contribution in [0.4, 0.5) is 16.2 Å². The first-order chi connectivity index (χ1) is 22.9. The molecule has 3 rings (SSSR count). The number of primary amides is 1. The molecule has 6 unspecified atom stereocenters. The molecule has 48 heavy (non-hydrogen) atoms. The number of amides is 2. The number of benzene rings is 1. The van der Waals surface area contributed by atoms with Crippen LogP contribution in [0.15, 0.2) is 69.3 Å². The van der Waals surface area contributed by atoms with Gasteiger partial charge in [-0.2, -0.15) is 0 Å². The highest BCUT2D eigenvalue weighted by Gasteiger charge is 2.30. The van der Waals surface area contributed by atoms with Crippen LogP contribution in [-0.2, 0) is 31.2 Å². The number of aliphatic hydroxyl groups is 1. The van der Waals surface area contributed by atoms with Crippen LogP contribution >= 0.6 is 11.8 Å². The number of hydrogen-bond donors (Lipinski definition) is 5. The number of hydrogen-bond acceptors (Lipinski definition) is 11. The summed E-state index contributed by atoms with van der Waals surface area (Å²) in [5.41, 5.74) is 6.79. The van der Waals surface area contributed by atoms with Gasteiger partial charge in [-0.3, -0.25) is 9.79 Å². The van der Waals surface area contributed by atoms with E-state index < -0.39 is 42.3 Å². The van der Waals surface area contributed by atoms with E-state index in [1.54, 1.807) is 56.3 Å². The summed E-state index contributed by atoms with van der Waals surface area (Å²) in [6, 6.07) is 4.97. The molecule has 1 aromatic heterocycles. The zero-order valence-electron chi connectivity index (χ0n) is 28.2. The van der Waals surface area contributed by atoms with Gasteiger partial charge in [-0.25, -0.2) is 4.79 Å². The van der Waals surface area contributed by atoms with Gasteiger partial charge < -0.3 is 45.0 Å². The van der Waals surface area contributed by atoms with Crippen molar-refractivity contribution < 1.29 is 43.5 Å². The third-order valence-corrected chi connectivity index (χ3v) is 8.91.